The monoisotopic (exact) mass is 374 g/mol. The van der Waals surface area contributed by atoms with E-state index in [1.54, 1.807) is 24.3 Å². The fourth-order valence-corrected chi connectivity index (χ4v) is 3.77. The maximum atomic E-state index is 12.6. The lowest BCUT2D eigenvalue weighted by Crippen LogP contribution is -2.38. The minimum Gasteiger partial charge on any atom is -0.479 e. The molecular formula is C20H26N2O5. The molecule has 2 N–H and O–H groups in total. The van der Waals surface area contributed by atoms with Gasteiger partial charge >= 0.3 is 5.97 Å². The molecule has 7 heteroatoms. The molecule has 1 heterocycles. The largest absolute Gasteiger partial charge is 0.479 e. The highest BCUT2D eigenvalue weighted by Crippen LogP contribution is 2.24. The lowest BCUT2D eigenvalue weighted by atomic mass is 9.94. The molecule has 0 aromatic heterocycles. The van der Waals surface area contributed by atoms with E-state index in [1.807, 2.05) is 11.9 Å². The van der Waals surface area contributed by atoms with Gasteiger partial charge in [-0.05, 0) is 49.9 Å². The van der Waals surface area contributed by atoms with Crippen LogP contribution in [0.5, 0.6) is 0 Å². The third kappa shape index (κ3) is 4.66. The Morgan fingerprint density at radius 2 is 1.63 bits per heavy atom. The molecule has 0 spiro atoms. The third-order valence-electron chi connectivity index (χ3n) is 5.43. The number of carbonyl (C=O) groups excluding carboxylic acids is 2. The zero-order valence-electron chi connectivity index (χ0n) is 15.5. The van der Waals surface area contributed by atoms with Gasteiger partial charge in [0.25, 0.3) is 11.8 Å². The lowest BCUT2D eigenvalue weighted by molar-refractivity contribution is -0.150. The molecule has 0 unspecified atom stereocenters. The SMILES string of the molecule is CN(C(=O)c1ccc(NC(=O)[C@@H]2CC[C@H](C(=O)O)O2)cc1)C1CCCCC1. The zero-order valence-corrected chi connectivity index (χ0v) is 15.5. The van der Waals surface area contributed by atoms with Crippen LogP contribution in [0.2, 0.25) is 0 Å². The summed E-state index contributed by atoms with van der Waals surface area (Å²) in [6.45, 7) is 0. The quantitative estimate of drug-likeness (QED) is 0.826. The smallest absolute Gasteiger partial charge is 0.332 e. The summed E-state index contributed by atoms with van der Waals surface area (Å²) in [5.41, 5.74) is 1.14. The highest BCUT2D eigenvalue weighted by atomic mass is 16.5. The Balaban J connectivity index is 1.56. The van der Waals surface area contributed by atoms with Crippen molar-refractivity contribution < 1.29 is 24.2 Å². The van der Waals surface area contributed by atoms with Crippen molar-refractivity contribution in [3.05, 3.63) is 29.8 Å². The predicted octanol–water partition coefficient (Wildman–Crippen LogP) is 2.66. The Hall–Kier alpha value is -2.41. The Morgan fingerprint density at radius 3 is 2.22 bits per heavy atom. The van der Waals surface area contributed by atoms with Gasteiger partial charge in [0.05, 0.1) is 0 Å². The van der Waals surface area contributed by atoms with Crippen LogP contribution in [0.1, 0.15) is 55.3 Å². The molecule has 0 radical (unpaired) electrons. The van der Waals surface area contributed by atoms with E-state index < -0.39 is 18.2 Å². The van der Waals surface area contributed by atoms with E-state index in [0.29, 0.717) is 30.1 Å². The van der Waals surface area contributed by atoms with Crippen molar-refractivity contribution >= 4 is 23.5 Å². The lowest BCUT2D eigenvalue weighted by Gasteiger charge is -2.31. The highest BCUT2D eigenvalue weighted by molar-refractivity contribution is 5.97. The number of amides is 2. The normalized spacial score (nSPS) is 23.0. The number of carboxylic acids is 1. The molecule has 7 nitrogen and oxygen atoms in total. The summed E-state index contributed by atoms with van der Waals surface area (Å²) < 4.78 is 5.25. The van der Waals surface area contributed by atoms with E-state index in [1.165, 1.54) is 19.3 Å². The fraction of sp³-hybridized carbons (Fsp3) is 0.550. The molecule has 1 aromatic rings. The second-order valence-electron chi connectivity index (χ2n) is 7.30. The number of hydrogen-bond acceptors (Lipinski definition) is 4. The molecule has 1 saturated heterocycles. The number of benzene rings is 1. The van der Waals surface area contributed by atoms with Gasteiger partial charge in [-0.3, -0.25) is 9.59 Å². The molecule has 1 aliphatic heterocycles. The van der Waals surface area contributed by atoms with E-state index in [4.69, 9.17) is 9.84 Å². The molecule has 2 aliphatic rings. The van der Waals surface area contributed by atoms with Gasteiger partial charge < -0.3 is 20.1 Å². The topological polar surface area (TPSA) is 95.9 Å². The Morgan fingerprint density at radius 1 is 1.00 bits per heavy atom. The number of nitrogens with one attached hydrogen (secondary N) is 1. The number of anilines is 1. The summed E-state index contributed by atoms with van der Waals surface area (Å²) in [5.74, 6) is -1.42. The van der Waals surface area contributed by atoms with E-state index in [9.17, 15) is 14.4 Å². The van der Waals surface area contributed by atoms with Crippen LogP contribution in [0.15, 0.2) is 24.3 Å². The number of hydrogen-bond donors (Lipinski definition) is 2. The predicted molar refractivity (Wildman–Crippen MR) is 99.6 cm³/mol. The van der Waals surface area contributed by atoms with Crippen LogP contribution in [0.25, 0.3) is 0 Å². The number of carbonyl (C=O) groups is 3. The van der Waals surface area contributed by atoms with Crippen molar-refractivity contribution in [2.75, 3.05) is 12.4 Å². The van der Waals surface area contributed by atoms with Gasteiger partial charge in [0.1, 0.15) is 6.10 Å². The first-order valence-electron chi connectivity index (χ1n) is 9.52. The maximum absolute atomic E-state index is 12.6. The molecule has 2 fully saturated rings. The van der Waals surface area contributed by atoms with Crippen molar-refractivity contribution in [1.82, 2.24) is 4.90 Å². The average Bonchev–Trinajstić information content (AvgIpc) is 3.19. The first kappa shape index (κ1) is 19.4. The van der Waals surface area contributed by atoms with Gasteiger partial charge in [-0.25, -0.2) is 4.79 Å². The molecule has 1 aliphatic carbocycles. The first-order chi connectivity index (χ1) is 13.0. The zero-order chi connectivity index (χ0) is 19.4. The second kappa shape index (κ2) is 8.52. The molecule has 27 heavy (non-hydrogen) atoms. The van der Waals surface area contributed by atoms with Gasteiger partial charge in [-0.15, -0.1) is 0 Å². The number of nitrogens with zero attached hydrogens (tertiary/aromatic N) is 1. The molecule has 0 bridgehead atoms. The molecule has 3 rings (SSSR count). The van der Waals surface area contributed by atoms with Gasteiger partial charge in [0.2, 0.25) is 0 Å². The Kier molecular flexibility index (Phi) is 6.11. The molecular weight excluding hydrogens is 348 g/mol. The Labute approximate surface area is 158 Å². The van der Waals surface area contributed by atoms with Gasteiger partial charge in [-0.2, -0.15) is 0 Å². The standard InChI is InChI=1S/C20H26N2O5/c1-22(15-5-3-2-4-6-15)19(24)13-7-9-14(10-8-13)21-18(23)16-11-12-17(27-16)20(25)26/h7-10,15-17H,2-6,11-12H2,1H3,(H,21,23)(H,25,26)/t16-,17+/m0/s1. The maximum Gasteiger partial charge on any atom is 0.332 e. The first-order valence-corrected chi connectivity index (χ1v) is 9.52. The third-order valence-corrected chi connectivity index (χ3v) is 5.43. The summed E-state index contributed by atoms with van der Waals surface area (Å²) in [6, 6.07) is 7.07. The Bertz CT molecular complexity index is 697. The van der Waals surface area contributed by atoms with Crippen LogP contribution in [0, 0.1) is 0 Å². The van der Waals surface area contributed by atoms with Gasteiger partial charge in [-0.1, -0.05) is 19.3 Å². The van der Waals surface area contributed by atoms with Crippen molar-refractivity contribution in [3.8, 4) is 0 Å². The highest BCUT2D eigenvalue weighted by Gasteiger charge is 2.34. The molecule has 2 amide bonds. The van der Waals surface area contributed by atoms with Crippen molar-refractivity contribution in [2.45, 2.75) is 63.2 Å². The summed E-state index contributed by atoms with van der Waals surface area (Å²) in [5, 5.41) is 11.7. The van der Waals surface area contributed by atoms with Crippen LogP contribution in [0.4, 0.5) is 5.69 Å². The summed E-state index contributed by atoms with van der Waals surface area (Å²) in [4.78, 5) is 37.6. The van der Waals surface area contributed by atoms with Gasteiger partial charge in [0, 0.05) is 24.3 Å². The molecule has 146 valence electrons. The summed E-state index contributed by atoms with van der Waals surface area (Å²) in [7, 11) is 1.85. The van der Waals surface area contributed by atoms with Crippen LogP contribution < -0.4 is 5.32 Å². The summed E-state index contributed by atoms with van der Waals surface area (Å²) >= 11 is 0. The minimum atomic E-state index is -1.05. The number of ether oxygens (including phenoxy) is 1. The van der Waals surface area contributed by atoms with E-state index >= 15 is 0 Å². The average molecular weight is 374 g/mol. The fourth-order valence-electron chi connectivity index (χ4n) is 3.77. The minimum absolute atomic E-state index is 0.0109. The van der Waals surface area contributed by atoms with Gasteiger partial charge in [0.15, 0.2) is 6.10 Å². The van der Waals surface area contributed by atoms with Crippen molar-refractivity contribution in [3.63, 3.8) is 0 Å². The van der Waals surface area contributed by atoms with E-state index in [-0.39, 0.29) is 11.8 Å². The van der Waals surface area contributed by atoms with Crippen molar-refractivity contribution in [2.24, 2.45) is 0 Å². The van der Waals surface area contributed by atoms with Crippen molar-refractivity contribution in [1.29, 1.82) is 0 Å². The second-order valence-corrected chi connectivity index (χ2v) is 7.30. The molecule has 1 saturated carbocycles. The number of rotatable bonds is 5. The van der Waals surface area contributed by atoms with Crippen LogP contribution >= 0.6 is 0 Å². The van der Waals surface area contributed by atoms with Crippen LogP contribution in [-0.4, -0.2) is 53.1 Å². The van der Waals surface area contributed by atoms with E-state index in [0.717, 1.165) is 12.8 Å². The molecule has 1 aromatic carbocycles. The van der Waals surface area contributed by atoms with Crippen LogP contribution in [-0.2, 0) is 14.3 Å². The van der Waals surface area contributed by atoms with E-state index in [2.05, 4.69) is 5.32 Å². The van der Waals surface area contributed by atoms with Crippen LogP contribution in [0.3, 0.4) is 0 Å². The number of carboxylic acid groups (broad SMARTS) is 1. The molecule has 2 atom stereocenters. The number of aliphatic carboxylic acids is 1. The summed E-state index contributed by atoms with van der Waals surface area (Å²) in [6.07, 6.45) is 4.70.